The minimum Gasteiger partial charge on any atom is -0.414 e. The van der Waals surface area contributed by atoms with E-state index in [2.05, 4.69) is 83.3 Å². The molecule has 0 aromatic heterocycles. The highest BCUT2D eigenvalue weighted by atomic mass is 28.4. The molecule has 0 bridgehead atoms. The second kappa shape index (κ2) is 8.69. The molecule has 1 unspecified atom stereocenters. The molecular formula is C20H34OSi. The van der Waals surface area contributed by atoms with Crippen molar-refractivity contribution >= 4 is 8.32 Å². The van der Waals surface area contributed by atoms with Crippen LogP contribution < -0.4 is 0 Å². The maximum absolute atomic E-state index is 6.66. The molecule has 0 amide bonds. The third-order valence-corrected chi connectivity index (χ3v) is 9.20. The van der Waals surface area contributed by atoms with Gasteiger partial charge in [0, 0.05) is 6.10 Å². The molecule has 0 radical (unpaired) electrons. The number of aryl methyl sites for hydroxylation is 1. The van der Waals surface area contributed by atoms with E-state index >= 15 is 0 Å². The van der Waals surface area contributed by atoms with Crippen molar-refractivity contribution in [2.24, 2.45) is 0 Å². The molecule has 0 N–H and O–H groups in total. The molecule has 0 aliphatic carbocycles. The minimum absolute atomic E-state index is 0.270. The van der Waals surface area contributed by atoms with Gasteiger partial charge in [0.1, 0.15) is 0 Å². The van der Waals surface area contributed by atoms with E-state index in [-0.39, 0.29) is 5.04 Å². The van der Waals surface area contributed by atoms with Crippen molar-refractivity contribution < 1.29 is 4.43 Å². The monoisotopic (exact) mass is 318 g/mol. The Hall–Kier alpha value is -0.863. The van der Waals surface area contributed by atoms with Gasteiger partial charge in [0.15, 0.2) is 8.32 Å². The topological polar surface area (TPSA) is 9.23 Å². The zero-order valence-corrected chi connectivity index (χ0v) is 16.4. The van der Waals surface area contributed by atoms with Crippen LogP contribution in [0.15, 0.2) is 42.5 Å². The summed E-state index contributed by atoms with van der Waals surface area (Å²) in [7, 11) is -1.70. The van der Waals surface area contributed by atoms with Crippen molar-refractivity contribution in [1.29, 1.82) is 0 Å². The Labute approximate surface area is 138 Å². The predicted octanol–water partition coefficient (Wildman–Crippen LogP) is 6.37. The van der Waals surface area contributed by atoms with Gasteiger partial charge in [0.2, 0.25) is 0 Å². The van der Waals surface area contributed by atoms with Crippen LogP contribution in [0.4, 0.5) is 0 Å². The lowest BCUT2D eigenvalue weighted by molar-refractivity contribution is 0.174. The van der Waals surface area contributed by atoms with E-state index < -0.39 is 8.32 Å². The summed E-state index contributed by atoms with van der Waals surface area (Å²) < 4.78 is 6.66. The van der Waals surface area contributed by atoms with Crippen LogP contribution in [0.2, 0.25) is 18.1 Å². The zero-order chi connectivity index (χ0) is 16.6. The molecule has 1 atom stereocenters. The lowest BCUT2D eigenvalue weighted by Crippen LogP contribution is -2.44. The second-order valence-corrected chi connectivity index (χ2v) is 12.4. The number of benzene rings is 1. The van der Waals surface area contributed by atoms with Crippen LogP contribution in [0.5, 0.6) is 0 Å². The normalized spacial score (nSPS) is 14.5. The smallest absolute Gasteiger partial charge is 0.192 e. The highest BCUT2D eigenvalue weighted by Crippen LogP contribution is 2.38. The van der Waals surface area contributed by atoms with Crippen molar-refractivity contribution in [2.75, 3.05) is 0 Å². The van der Waals surface area contributed by atoms with E-state index in [1.54, 1.807) is 0 Å². The van der Waals surface area contributed by atoms with Crippen LogP contribution in [0, 0.1) is 0 Å². The number of hydrogen-bond donors (Lipinski definition) is 0. The van der Waals surface area contributed by atoms with E-state index in [9.17, 15) is 0 Å². The molecule has 0 saturated heterocycles. The van der Waals surface area contributed by atoms with Crippen LogP contribution in [0.3, 0.4) is 0 Å². The Morgan fingerprint density at radius 2 is 1.73 bits per heavy atom. The summed E-state index contributed by atoms with van der Waals surface area (Å²) in [4.78, 5) is 0. The Kier molecular flexibility index (Phi) is 7.57. The van der Waals surface area contributed by atoms with Gasteiger partial charge in [-0.15, -0.1) is 0 Å². The Morgan fingerprint density at radius 3 is 2.27 bits per heavy atom. The lowest BCUT2D eigenvalue weighted by Gasteiger charge is -2.39. The summed E-state index contributed by atoms with van der Waals surface area (Å²) in [5.41, 5.74) is 1.41. The molecule has 0 saturated carbocycles. The standard InChI is InChI=1S/C20H34OSi/c1-7-8-10-15-19(21-22(5,6)20(2,3)4)17-16-18-13-11-9-12-14-18/h8-14,19H,7,15-17H2,1-6H3/b10-8-. The summed E-state index contributed by atoms with van der Waals surface area (Å²) in [6, 6.07) is 10.7. The van der Waals surface area contributed by atoms with E-state index in [1.165, 1.54) is 5.56 Å². The van der Waals surface area contributed by atoms with Gasteiger partial charge in [-0.1, -0.05) is 70.2 Å². The number of allylic oxidation sites excluding steroid dienone is 1. The van der Waals surface area contributed by atoms with Crippen LogP contribution >= 0.6 is 0 Å². The first-order valence-corrected chi connectivity index (χ1v) is 11.5. The highest BCUT2D eigenvalue weighted by Gasteiger charge is 2.38. The molecule has 0 fully saturated rings. The van der Waals surface area contributed by atoms with E-state index in [0.717, 1.165) is 25.7 Å². The summed E-state index contributed by atoms with van der Waals surface area (Å²) in [6.45, 7) is 13.8. The average molecular weight is 319 g/mol. The van der Waals surface area contributed by atoms with E-state index in [0.29, 0.717) is 6.10 Å². The Balaban J connectivity index is 2.69. The van der Waals surface area contributed by atoms with Crippen molar-refractivity contribution in [1.82, 2.24) is 0 Å². The fraction of sp³-hybridized carbons (Fsp3) is 0.600. The van der Waals surface area contributed by atoms with Crippen molar-refractivity contribution in [3.63, 3.8) is 0 Å². The first-order chi connectivity index (χ1) is 10.3. The Morgan fingerprint density at radius 1 is 1.09 bits per heavy atom. The molecule has 0 spiro atoms. The predicted molar refractivity (Wildman–Crippen MR) is 101 cm³/mol. The van der Waals surface area contributed by atoms with Gasteiger partial charge in [0.25, 0.3) is 0 Å². The molecule has 1 aromatic rings. The van der Waals surface area contributed by atoms with Gasteiger partial charge < -0.3 is 4.43 Å². The SMILES string of the molecule is CC/C=C\CC(CCc1ccccc1)O[Si](C)(C)C(C)(C)C. The van der Waals surface area contributed by atoms with Crippen molar-refractivity contribution in [3.05, 3.63) is 48.0 Å². The molecule has 22 heavy (non-hydrogen) atoms. The van der Waals surface area contributed by atoms with Gasteiger partial charge in [-0.2, -0.15) is 0 Å². The Bertz CT molecular complexity index is 443. The fourth-order valence-corrected chi connectivity index (χ4v) is 3.61. The van der Waals surface area contributed by atoms with Crippen LogP contribution in [-0.2, 0) is 10.8 Å². The first kappa shape index (κ1) is 19.2. The molecular weight excluding hydrogens is 284 g/mol. The minimum atomic E-state index is -1.70. The molecule has 1 aromatic carbocycles. The summed E-state index contributed by atoms with van der Waals surface area (Å²) >= 11 is 0. The highest BCUT2D eigenvalue weighted by molar-refractivity contribution is 6.74. The summed E-state index contributed by atoms with van der Waals surface area (Å²) in [5.74, 6) is 0. The van der Waals surface area contributed by atoms with Crippen LogP contribution in [0.25, 0.3) is 0 Å². The third-order valence-electron chi connectivity index (χ3n) is 4.67. The number of rotatable bonds is 8. The first-order valence-electron chi connectivity index (χ1n) is 8.63. The molecule has 1 rings (SSSR count). The van der Waals surface area contributed by atoms with Crippen molar-refractivity contribution in [3.8, 4) is 0 Å². The van der Waals surface area contributed by atoms with Gasteiger partial charge >= 0.3 is 0 Å². The molecule has 0 heterocycles. The van der Waals surface area contributed by atoms with E-state index in [4.69, 9.17) is 4.43 Å². The molecule has 0 aliphatic heterocycles. The third kappa shape index (κ3) is 6.49. The fourth-order valence-electron chi connectivity index (χ4n) is 2.21. The maximum Gasteiger partial charge on any atom is 0.192 e. The van der Waals surface area contributed by atoms with Gasteiger partial charge in [0.05, 0.1) is 0 Å². The van der Waals surface area contributed by atoms with Crippen molar-refractivity contribution in [2.45, 2.75) is 77.6 Å². The quantitative estimate of drug-likeness (QED) is 0.400. The van der Waals surface area contributed by atoms with Gasteiger partial charge in [-0.05, 0) is 49.4 Å². The largest absolute Gasteiger partial charge is 0.414 e. The summed E-state index contributed by atoms with van der Waals surface area (Å²) in [6.07, 6.45) is 9.22. The molecule has 1 nitrogen and oxygen atoms in total. The lowest BCUT2D eigenvalue weighted by atomic mass is 10.0. The van der Waals surface area contributed by atoms with Gasteiger partial charge in [-0.3, -0.25) is 0 Å². The zero-order valence-electron chi connectivity index (χ0n) is 15.4. The average Bonchev–Trinajstić information content (AvgIpc) is 2.44. The summed E-state index contributed by atoms with van der Waals surface area (Å²) in [5, 5.41) is 0.270. The van der Waals surface area contributed by atoms with Gasteiger partial charge in [-0.25, -0.2) is 0 Å². The number of hydrogen-bond acceptors (Lipinski definition) is 1. The van der Waals surface area contributed by atoms with E-state index in [1.807, 2.05) is 0 Å². The molecule has 2 heteroatoms. The second-order valence-electron chi connectivity index (χ2n) is 7.64. The maximum atomic E-state index is 6.66. The molecule has 124 valence electrons. The molecule has 0 aliphatic rings. The van der Waals surface area contributed by atoms with Crippen LogP contribution in [-0.4, -0.2) is 14.4 Å². The van der Waals surface area contributed by atoms with Crippen LogP contribution in [0.1, 0.15) is 52.5 Å².